The molecule has 1 aromatic carbocycles. The van der Waals surface area contributed by atoms with Gasteiger partial charge in [0.05, 0.1) is 21.2 Å². The van der Waals surface area contributed by atoms with Gasteiger partial charge in [-0.2, -0.15) is 0 Å². The fourth-order valence-corrected chi connectivity index (χ4v) is 2.40. The van der Waals surface area contributed by atoms with Gasteiger partial charge in [-0.1, -0.05) is 0 Å². The Kier molecular flexibility index (Phi) is 3.03. The number of pyridine rings is 1. The highest BCUT2D eigenvalue weighted by Crippen LogP contribution is 2.33. The summed E-state index contributed by atoms with van der Waals surface area (Å²) in [5.74, 6) is -0.421. The standard InChI is InChI=1S/C13H6FN2O3S/c14-9-7-8(16(17)18)1-2-11(9)19-12-3-5-15-10-4-6-20-13(10)12/h1-5,7H. The minimum atomic E-state index is -0.787. The molecule has 7 heteroatoms. The molecule has 0 fully saturated rings. The minimum absolute atomic E-state index is 0.0727. The van der Waals surface area contributed by atoms with Gasteiger partial charge in [0, 0.05) is 23.7 Å². The van der Waals surface area contributed by atoms with Gasteiger partial charge in [-0.25, -0.2) is 4.39 Å². The number of rotatable bonds is 3. The molecule has 0 aliphatic heterocycles. The van der Waals surface area contributed by atoms with Crippen LogP contribution in [-0.4, -0.2) is 9.91 Å². The first-order chi connectivity index (χ1) is 9.65. The van der Waals surface area contributed by atoms with E-state index in [1.54, 1.807) is 18.3 Å². The van der Waals surface area contributed by atoms with E-state index in [1.165, 1.54) is 23.5 Å². The van der Waals surface area contributed by atoms with Gasteiger partial charge in [0.25, 0.3) is 5.69 Å². The van der Waals surface area contributed by atoms with Crippen molar-refractivity contribution in [2.24, 2.45) is 0 Å². The van der Waals surface area contributed by atoms with Crippen LogP contribution in [0.4, 0.5) is 10.1 Å². The zero-order valence-electron chi connectivity index (χ0n) is 9.87. The van der Waals surface area contributed by atoms with E-state index in [-0.39, 0.29) is 11.4 Å². The van der Waals surface area contributed by atoms with Crippen molar-refractivity contribution in [3.63, 3.8) is 0 Å². The maximum absolute atomic E-state index is 13.8. The number of aromatic nitrogens is 1. The number of non-ortho nitro benzene ring substituents is 1. The van der Waals surface area contributed by atoms with Gasteiger partial charge in [0.15, 0.2) is 11.6 Å². The van der Waals surface area contributed by atoms with Crippen LogP contribution in [0.15, 0.2) is 36.5 Å². The van der Waals surface area contributed by atoms with Gasteiger partial charge in [-0.3, -0.25) is 15.1 Å². The summed E-state index contributed by atoms with van der Waals surface area (Å²) in [6.45, 7) is 0. The van der Waals surface area contributed by atoms with Gasteiger partial charge >= 0.3 is 0 Å². The highest BCUT2D eigenvalue weighted by atomic mass is 32.1. The molecule has 0 saturated carbocycles. The molecule has 0 amide bonds. The molecule has 0 atom stereocenters. The topological polar surface area (TPSA) is 65.3 Å². The van der Waals surface area contributed by atoms with E-state index >= 15 is 0 Å². The monoisotopic (exact) mass is 289 g/mol. The number of fused-ring (bicyclic) bond motifs is 1. The quantitative estimate of drug-likeness (QED) is 0.541. The van der Waals surface area contributed by atoms with E-state index in [9.17, 15) is 14.5 Å². The summed E-state index contributed by atoms with van der Waals surface area (Å²) in [6.07, 6.45) is 1.54. The van der Waals surface area contributed by atoms with E-state index in [0.29, 0.717) is 11.3 Å². The molecule has 5 nitrogen and oxygen atoms in total. The third-order valence-corrected chi connectivity index (χ3v) is 3.45. The first-order valence-electron chi connectivity index (χ1n) is 5.51. The van der Waals surface area contributed by atoms with Crippen LogP contribution in [0.2, 0.25) is 0 Å². The maximum Gasteiger partial charge on any atom is 0.272 e. The molecule has 0 N–H and O–H groups in total. The lowest BCUT2D eigenvalue weighted by atomic mass is 10.3. The summed E-state index contributed by atoms with van der Waals surface area (Å²) in [4.78, 5) is 14.0. The Bertz CT molecular complexity index is 803. The Hall–Kier alpha value is -2.54. The second-order valence-electron chi connectivity index (χ2n) is 3.86. The van der Waals surface area contributed by atoms with Crippen molar-refractivity contribution in [2.45, 2.75) is 0 Å². The van der Waals surface area contributed by atoms with E-state index < -0.39 is 10.7 Å². The highest BCUT2D eigenvalue weighted by molar-refractivity contribution is 7.17. The number of hydrogen-bond donors (Lipinski definition) is 0. The third-order valence-electron chi connectivity index (χ3n) is 2.60. The molecule has 0 aliphatic carbocycles. The third kappa shape index (κ3) is 2.19. The van der Waals surface area contributed by atoms with Crippen LogP contribution in [-0.2, 0) is 0 Å². The Morgan fingerprint density at radius 2 is 2.20 bits per heavy atom. The lowest BCUT2D eigenvalue weighted by Crippen LogP contribution is -1.92. The number of nitro benzene ring substituents is 1. The average Bonchev–Trinajstić information content (AvgIpc) is 2.90. The Morgan fingerprint density at radius 1 is 1.35 bits per heavy atom. The van der Waals surface area contributed by atoms with Gasteiger partial charge in [-0.05, 0) is 12.1 Å². The largest absolute Gasteiger partial charge is 0.453 e. The van der Waals surface area contributed by atoms with E-state index in [0.717, 1.165) is 10.8 Å². The predicted octanol–water partition coefficient (Wildman–Crippen LogP) is 3.94. The molecule has 1 radical (unpaired) electrons. The van der Waals surface area contributed by atoms with Crippen molar-refractivity contribution in [3.05, 3.63) is 57.8 Å². The molecule has 0 saturated heterocycles. The number of thiophene rings is 1. The minimum Gasteiger partial charge on any atom is -0.453 e. The molecule has 3 rings (SSSR count). The smallest absolute Gasteiger partial charge is 0.272 e. The highest BCUT2D eigenvalue weighted by Gasteiger charge is 2.13. The molecule has 20 heavy (non-hydrogen) atoms. The van der Waals surface area contributed by atoms with Crippen LogP contribution >= 0.6 is 11.3 Å². The fourth-order valence-electron chi connectivity index (χ4n) is 1.68. The molecular weight excluding hydrogens is 283 g/mol. The molecule has 3 aromatic rings. The number of hydrogen-bond acceptors (Lipinski definition) is 5. The lowest BCUT2D eigenvalue weighted by molar-refractivity contribution is -0.385. The van der Waals surface area contributed by atoms with Crippen LogP contribution in [0, 0.1) is 21.3 Å². The zero-order valence-corrected chi connectivity index (χ0v) is 10.7. The second-order valence-corrected chi connectivity index (χ2v) is 4.71. The van der Waals surface area contributed by atoms with Gasteiger partial charge in [-0.15, -0.1) is 11.3 Å². The van der Waals surface area contributed by atoms with Crippen LogP contribution in [0.5, 0.6) is 11.5 Å². The Labute approximate surface area is 116 Å². The summed E-state index contributed by atoms with van der Waals surface area (Å²) in [7, 11) is 0. The lowest BCUT2D eigenvalue weighted by Gasteiger charge is -2.07. The maximum atomic E-state index is 13.8. The number of nitro groups is 1. The molecule has 99 valence electrons. The van der Waals surface area contributed by atoms with Crippen molar-refractivity contribution < 1.29 is 14.1 Å². The van der Waals surface area contributed by atoms with Gasteiger partial charge < -0.3 is 4.74 Å². The molecule has 2 heterocycles. The van der Waals surface area contributed by atoms with E-state index in [1.807, 2.05) is 0 Å². The summed E-state index contributed by atoms with van der Waals surface area (Å²) < 4.78 is 20.0. The molecular formula is C13H6FN2O3S. The fraction of sp³-hybridized carbons (Fsp3) is 0. The first kappa shape index (κ1) is 12.5. The summed E-state index contributed by atoms with van der Waals surface area (Å²) >= 11 is 1.30. The summed E-state index contributed by atoms with van der Waals surface area (Å²) in [5, 5.41) is 13.5. The van der Waals surface area contributed by atoms with Crippen molar-refractivity contribution in [1.29, 1.82) is 0 Å². The molecule has 0 aliphatic rings. The first-order valence-corrected chi connectivity index (χ1v) is 6.33. The summed E-state index contributed by atoms with van der Waals surface area (Å²) in [6, 6.07) is 6.56. The zero-order chi connectivity index (χ0) is 14.1. The van der Waals surface area contributed by atoms with Crippen LogP contribution < -0.4 is 4.74 Å². The SMILES string of the molecule is O=[N+]([O-])c1ccc(Oc2ccnc3c[c]sc23)c(F)c1. The molecule has 0 unspecified atom stereocenters. The Morgan fingerprint density at radius 3 is 2.95 bits per heavy atom. The molecule has 2 aromatic heterocycles. The number of benzene rings is 1. The van der Waals surface area contributed by atoms with Crippen LogP contribution in [0.1, 0.15) is 0 Å². The van der Waals surface area contributed by atoms with Crippen molar-refractivity contribution in [3.8, 4) is 11.5 Å². The number of nitrogens with zero attached hydrogens (tertiary/aromatic N) is 2. The van der Waals surface area contributed by atoms with Crippen LogP contribution in [0.25, 0.3) is 10.2 Å². The second kappa shape index (κ2) is 4.86. The van der Waals surface area contributed by atoms with E-state index in [4.69, 9.17) is 4.74 Å². The predicted molar refractivity (Wildman–Crippen MR) is 71.6 cm³/mol. The average molecular weight is 289 g/mol. The van der Waals surface area contributed by atoms with Gasteiger partial charge in [0.2, 0.25) is 0 Å². The van der Waals surface area contributed by atoms with Crippen molar-refractivity contribution in [1.82, 2.24) is 4.98 Å². The number of ether oxygens (including phenoxy) is 1. The van der Waals surface area contributed by atoms with Crippen LogP contribution in [0.3, 0.4) is 0 Å². The summed E-state index contributed by atoms with van der Waals surface area (Å²) in [5.41, 5.74) is 0.383. The molecule has 0 spiro atoms. The molecule has 0 bridgehead atoms. The van der Waals surface area contributed by atoms with Crippen molar-refractivity contribution in [2.75, 3.05) is 0 Å². The Balaban J connectivity index is 1.99. The van der Waals surface area contributed by atoms with E-state index in [2.05, 4.69) is 10.4 Å². The van der Waals surface area contributed by atoms with Crippen molar-refractivity contribution >= 4 is 27.2 Å². The number of halogens is 1. The normalized spacial score (nSPS) is 10.7. The van der Waals surface area contributed by atoms with Gasteiger partial charge in [0.1, 0.15) is 5.75 Å².